The molecule has 2 aliphatic heterocycles. The summed E-state index contributed by atoms with van der Waals surface area (Å²) in [7, 11) is -0.125. The van der Waals surface area contributed by atoms with Crippen LogP contribution in [0.1, 0.15) is 71.1 Å². The van der Waals surface area contributed by atoms with E-state index < -0.39 is 0 Å². The molecule has 0 spiro atoms. The first kappa shape index (κ1) is 16.9. The van der Waals surface area contributed by atoms with Crippen LogP contribution in [-0.4, -0.2) is 35.5 Å². The van der Waals surface area contributed by atoms with Gasteiger partial charge in [0.1, 0.15) is 0 Å². The zero-order valence-corrected chi connectivity index (χ0v) is 15.4. The van der Waals surface area contributed by atoms with Gasteiger partial charge in [-0.3, -0.25) is 9.34 Å². The van der Waals surface area contributed by atoms with E-state index in [2.05, 4.69) is 28.2 Å². The van der Waals surface area contributed by atoms with Crippen LogP contribution in [-0.2, 0) is 0 Å². The van der Waals surface area contributed by atoms with E-state index in [-0.39, 0.29) is 8.22 Å². The molecule has 1 unspecified atom stereocenters. The SMILES string of the molecule is CC(CC=CP(N1CCCC1)N1CCCC1)C1CCCCC1. The summed E-state index contributed by atoms with van der Waals surface area (Å²) >= 11 is 0. The average molecular weight is 322 g/mol. The topological polar surface area (TPSA) is 6.48 Å². The Morgan fingerprint density at radius 2 is 1.41 bits per heavy atom. The number of allylic oxidation sites excluding steroid dienone is 1. The molecule has 22 heavy (non-hydrogen) atoms. The quantitative estimate of drug-likeness (QED) is 0.586. The number of hydrogen-bond donors (Lipinski definition) is 0. The van der Waals surface area contributed by atoms with Crippen LogP contribution in [0.25, 0.3) is 0 Å². The molecule has 1 atom stereocenters. The summed E-state index contributed by atoms with van der Waals surface area (Å²) in [5, 5.41) is 0. The predicted molar refractivity (Wildman–Crippen MR) is 98.0 cm³/mol. The van der Waals surface area contributed by atoms with E-state index >= 15 is 0 Å². The van der Waals surface area contributed by atoms with Gasteiger partial charge in [-0.15, -0.1) is 0 Å². The molecule has 1 aliphatic carbocycles. The summed E-state index contributed by atoms with van der Waals surface area (Å²) < 4.78 is 5.56. The van der Waals surface area contributed by atoms with E-state index in [1.165, 1.54) is 90.4 Å². The van der Waals surface area contributed by atoms with Gasteiger partial charge in [0.15, 0.2) is 0 Å². The zero-order chi connectivity index (χ0) is 15.2. The summed E-state index contributed by atoms with van der Waals surface area (Å²) in [6.07, 6.45) is 16.9. The van der Waals surface area contributed by atoms with Gasteiger partial charge in [-0.05, 0) is 49.8 Å². The second kappa shape index (κ2) is 8.81. The van der Waals surface area contributed by atoms with Crippen molar-refractivity contribution in [3.05, 3.63) is 11.9 Å². The maximum atomic E-state index is 2.78. The monoisotopic (exact) mass is 322 g/mol. The largest absolute Gasteiger partial charge is 0.267 e. The summed E-state index contributed by atoms with van der Waals surface area (Å²) in [5.74, 6) is 4.51. The third-order valence-corrected chi connectivity index (χ3v) is 8.38. The lowest BCUT2D eigenvalue weighted by molar-refractivity contribution is 0.265. The van der Waals surface area contributed by atoms with E-state index in [1.54, 1.807) is 0 Å². The molecule has 3 heteroatoms. The van der Waals surface area contributed by atoms with Crippen LogP contribution in [0.4, 0.5) is 0 Å². The van der Waals surface area contributed by atoms with Crippen LogP contribution >= 0.6 is 8.22 Å². The van der Waals surface area contributed by atoms with Gasteiger partial charge in [0.25, 0.3) is 0 Å². The van der Waals surface area contributed by atoms with Crippen molar-refractivity contribution in [2.24, 2.45) is 11.8 Å². The summed E-state index contributed by atoms with van der Waals surface area (Å²) in [5.41, 5.74) is 0. The Labute approximate surface area is 139 Å². The molecular formula is C19H35N2P. The first-order valence-corrected chi connectivity index (χ1v) is 11.1. The van der Waals surface area contributed by atoms with E-state index in [4.69, 9.17) is 0 Å². The molecule has 0 N–H and O–H groups in total. The Balaban J connectivity index is 1.52. The Hall–Kier alpha value is 0.0900. The normalized spacial score (nSPS) is 27.4. The zero-order valence-electron chi connectivity index (χ0n) is 14.6. The minimum Gasteiger partial charge on any atom is -0.267 e. The van der Waals surface area contributed by atoms with Crippen LogP contribution in [0.3, 0.4) is 0 Å². The van der Waals surface area contributed by atoms with Gasteiger partial charge in [-0.2, -0.15) is 0 Å². The summed E-state index contributed by atoms with van der Waals surface area (Å²) in [6.45, 7) is 7.85. The molecule has 0 bridgehead atoms. The van der Waals surface area contributed by atoms with Crippen molar-refractivity contribution in [3.8, 4) is 0 Å². The Bertz CT molecular complexity index is 323. The lowest BCUT2D eigenvalue weighted by atomic mass is 9.79. The molecule has 0 aromatic heterocycles. The van der Waals surface area contributed by atoms with Gasteiger partial charge in [0, 0.05) is 26.2 Å². The lowest BCUT2D eigenvalue weighted by Crippen LogP contribution is -2.23. The Morgan fingerprint density at radius 3 is 1.95 bits per heavy atom. The van der Waals surface area contributed by atoms with Crippen LogP contribution in [0.2, 0.25) is 0 Å². The van der Waals surface area contributed by atoms with Crippen LogP contribution < -0.4 is 0 Å². The molecular weight excluding hydrogens is 287 g/mol. The van der Waals surface area contributed by atoms with Crippen LogP contribution in [0, 0.1) is 11.8 Å². The smallest absolute Gasteiger partial charge is 0.0644 e. The highest BCUT2D eigenvalue weighted by atomic mass is 31.1. The number of hydrogen-bond acceptors (Lipinski definition) is 2. The highest BCUT2D eigenvalue weighted by molar-refractivity contribution is 7.56. The second-order valence-corrected chi connectivity index (χ2v) is 9.71. The average Bonchev–Trinajstić information content (AvgIpc) is 3.26. The molecule has 0 radical (unpaired) electrons. The van der Waals surface area contributed by atoms with Crippen LogP contribution in [0.5, 0.6) is 0 Å². The van der Waals surface area contributed by atoms with Crippen molar-refractivity contribution in [2.45, 2.75) is 71.1 Å². The van der Waals surface area contributed by atoms with E-state index in [0.717, 1.165) is 11.8 Å². The highest BCUT2D eigenvalue weighted by Crippen LogP contribution is 2.49. The van der Waals surface area contributed by atoms with E-state index in [0.29, 0.717) is 0 Å². The van der Waals surface area contributed by atoms with Crippen molar-refractivity contribution in [3.63, 3.8) is 0 Å². The molecule has 3 aliphatic rings. The van der Waals surface area contributed by atoms with Crippen molar-refractivity contribution in [1.82, 2.24) is 9.34 Å². The van der Waals surface area contributed by atoms with Crippen LogP contribution in [0.15, 0.2) is 11.9 Å². The van der Waals surface area contributed by atoms with Gasteiger partial charge in [-0.1, -0.05) is 45.1 Å². The molecule has 0 aromatic carbocycles. The standard InChI is InChI=1S/C19H35N2P/c1-18(19-11-3-2-4-12-19)10-9-17-22(20-13-5-6-14-20)21-15-7-8-16-21/h9,17-19H,2-8,10-16H2,1H3. The minimum atomic E-state index is -0.125. The lowest BCUT2D eigenvalue weighted by Gasteiger charge is -2.32. The first-order valence-electron chi connectivity index (χ1n) is 9.80. The fourth-order valence-corrected chi connectivity index (χ4v) is 6.87. The minimum absolute atomic E-state index is 0.125. The fourth-order valence-electron chi connectivity index (χ4n) is 4.44. The van der Waals surface area contributed by atoms with Crippen molar-refractivity contribution >= 4 is 8.22 Å². The third-order valence-electron chi connectivity index (χ3n) is 5.95. The highest BCUT2D eigenvalue weighted by Gasteiger charge is 2.27. The molecule has 0 aromatic rings. The van der Waals surface area contributed by atoms with Crippen molar-refractivity contribution in [2.75, 3.05) is 26.2 Å². The third kappa shape index (κ3) is 4.56. The molecule has 3 rings (SSSR count). The van der Waals surface area contributed by atoms with Gasteiger partial charge < -0.3 is 0 Å². The summed E-state index contributed by atoms with van der Waals surface area (Å²) in [4.78, 5) is 0. The molecule has 2 heterocycles. The van der Waals surface area contributed by atoms with Crippen molar-refractivity contribution in [1.29, 1.82) is 0 Å². The maximum Gasteiger partial charge on any atom is 0.0644 e. The molecule has 1 saturated carbocycles. The van der Waals surface area contributed by atoms with Crippen molar-refractivity contribution < 1.29 is 0 Å². The second-order valence-electron chi connectivity index (χ2n) is 7.64. The number of nitrogens with zero attached hydrogens (tertiary/aromatic N) is 2. The Morgan fingerprint density at radius 1 is 0.864 bits per heavy atom. The molecule has 126 valence electrons. The summed E-state index contributed by atoms with van der Waals surface area (Å²) in [6, 6.07) is 0. The predicted octanol–water partition coefficient (Wildman–Crippen LogP) is 5.61. The molecule has 0 amide bonds. The fraction of sp³-hybridized carbons (Fsp3) is 0.895. The molecule has 2 saturated heterocycles. The van der Waals surface area contributed by atoms with Gasteiger partial charge in [0.2, 0.25) is 0 Å². The number of rotatable bonds is 6. The van der Waals surface area contributed by atoms with E-state index in [1.807, 2.05) is 0 Å². The molecule has 2 nitrogen and oxygen atoms in total. The first-order chi connectivity index (χ1) is 10.8. The van der Waals surface area contributed by atoms with Gasteiger partial charge in [-0.25, -0.2) is 0 Å². The van der Waals surface area contributed by atoms with E-state index in [9.17, 15) is 0 Å². The maximum absolute atomic E-state index is 2.78. The van der Waals surface area contributed by atoms with Gasteiger partial charge >= 0.3 is 0 Å². The molecule has 3 fully saturated rings. The Kier molecular flexibility index (Phi) is 6.78. The van der Waals surface area contributed by atoms with Gasteiger partial charge in [0.05, 0.1) is 8.22 Å².